The largest absolute Gasteiger partial charge is 0.454 e. The van der Waals surface area contributed by atoms with Crippen LogP contribution in [0.15, 0.2) is 65.1 Å². The number of nitriles is 1. The van der Waals surface area contributed by atoms with E-state index in [0.717, 1.165) is 16.9 Å². The number of ether oxygens (including phenoxy) is 2. The van der Waals surface area contributed by atoms with Gasteiger partial charge < -0.3 is 15.2 Å². The molecule has 1 atom stereocenters. The van der Waals surface area contributed by atoms with Gasteiger partial charge in [-0.05, 0) is 47.7 Å². The molecular weight excluding hydrogens is 426 g/mol. The quantitative estimate of drug-likeness (QED) is 0.696. The Bertz CT molecular complexity index is 1260. The first-order valence-corrected chi connectivity index (χ1v) is 10.8. The van der Waals surface area contributed by atoms with Gasteiger partial charge in [0, 0.05) is 28.4 Å². The summed E-state index contributed by atoms with van der Waals surface area (Å²) in [5.41, 5.74) is 9.65. The Morgan fingerprint density at radius 2 is 1.94 bits per heavy atom. The molecule has 0 fully saturated rings. The summed E-state index contributed by atoms with van der Waals surface area (Å²) in [6.45, 7) is 4.29. The number of allylic oxidation sites excluding steroid dienone is 3. The second-order valence-corrected chi connectivity index (χ2v) is 9.51. The maximum atomic E-state index is 13.5. The normalized spacial score (nSPS) is 21.5. The van der Waals surface area contributed by atoms with Crippen molar-refractivity contribution in [2.75, 3.05) is 11.7 Å². The molecule has 2 aliphatic heterocycles. The summed E-state index contributed by atoms with van der Waals surface area (Å²) in [5, 5.41) is 10.7. The number of Topliss-reactive ketones (excluding diaryl/α,β-unsaturated/α-hetero) is 1. The lowest BCUT2D eigenvalue weighted by Crippen LogP contribution is -2.42. The predicted molar refractivity (Wildman–Crippen MR) is 121 cm³/mol. The van der Waals surface area contributed by atoms with Crippen molar-refractivity contribution in [1.82, 2.24) is 0 Å². The number of fused-ring (bicyclic) bond motifs is 1. The molecule has 6 nitrogen and oxygen atoms in total. The van der Waals surface area contributed by atoms with Crippen LogP contribution in [-0.4, -0.2) is 12.6 Å². The lowest BCUT2D eigenvalue weighted by atomic mass is 9.68. The van der Waals surface area contributed by atoms with Crippen molar-refractivity contribution in [3.63, 3.8) is 0 Å². The molecule has 1 unspecified atom stereocenters. The van der Waals surface area contributed by atoms with Crippen molar-refractivity contribution in [1.29, 1.82) is 5.26 Å². The number of ketones is 1. The number of nitrogens with two attached hydrogens (primary N) is 1. The second-order valence-electron chi connectivity index (χ2n) is 9.07. The molecule has 0 radical (unpaired) electrons. The molecule has 162 valence electrons. The third-order valence-electron chi connectivity index (χ3n) is 6.18. The van der Waals surface area contributed by atoms with E-state index < -0.39 is 5.92 Å². The molecule has 32 heavy (non-hydrogen) atoms. The number of carbonyl (C=O) groups is 1. The van der Waals surface area contributed by atoms with Gasteiger partial charge in [0.05, 0.1) is 17.6 Å². The molecule has 7 heteroatoms. The Hall–Kier alpha value is -3.43. The summed E-state index contributed by atoms with van der Waals surface area (Å²) in [6, 6.07) is 15.1. The molecule has 0 spiro atoms. The first kappa shape index (κ1) is 20.5. The standard InChI is InChI=1S/C25H22ClN3O3/c1-25(2)10-18-23(19(30)11-25)22(14-6-7-20-21(8-14)32-13-31-20)17(12-27)24(28)29(18)16-5-3-4-15(26)9-16/h3-9,22H,10-11,13,28H2,1-2H3. The summed E-state index contributed by atoms with van der Waals surface area (Å²) < 4.78 is 11.0. The van der Waals surface area contributed by atoms with Gasteiger partial charge in [0.25, 0.3) is 0 Å². The van der Waals surface area contributed by atoms with Crippen molar-refractivity contribution < 1.29 is 14.3 Å². The number of hydrogen-bond acceptors (Lipinski definition) is 6. The van der Waals surface area contributed by atoms with E-state index in [1.165, 1.54) is 0 Å². The van der Waals surface area contributed by atoms with E-state index in [-0.39, 0.29) is 18.0 Å². The summed E-state index contributed by atoms with van der Waals surface area (Å²) in [6.07, 6.45) is 1.04. The SMILES string of the molecule is CC1(C)CC(=O)C2=C(C1)N(c1cccc(Cl)c1)C(N)=C(C#N)C2c1ccc2c(c1)OCO2. The highest BCUT2D eigenvalue weighted by atomic mass is 35.5. The Labute approximate surface area is 191 Å². The van der Waals surface area contributed by atoms with Crippen LogP contribution in [0.3, 0.4) is 0 Å². The van der Waals surface area contributed by atoms with Crippen LogP contribution < -0.4 is 20.1 Å². The number of anilines is 1. The smallest absolute Gasteiger partial charge is 0.231 e. The Balaban J connectivity index is 1.75. The predicted octanol–water partition coefficient (Wildman–Crippen LogP) is 5.01. The van der Waals surface area contributed by atoms with Gasteiger partial charge in [-0.3, -0.25) is 9.69 Å². The monoisotopic (exact) mass is 447 g/mol. The third-order valence-corrected chi connectivity index (χ3v) is 6.41. The summed E-state index contributed by atoms with van der Waals surface area (Å²) in [4.78, 5) is 15.4. The number of benzene rings is 2. The van der Waals surface area contributed by atoms with Gasteiger partial charge in [-0.1, -0.05) is 37.6 Å². The first-order chi connectivity index (χ1) is 15.3. The minimum atomic E-state index is -0.566. The maximum Gasteiger partial charge on any atom is 0.231 e. The molecule has 2 aromatic rings. The van der Waals surface area contributed by atoms with Crippen LogP contribution in [-0.2, 0) is 4.79 Å². The van der Waals surface area contributed by atoms with Gasteiger partial charge in [0.2, 0.25) is 6.79 Å². The van der Waals surface area contributed by atoms with Gasteiger partial charge in [0.15, 0.2) is 17.3 Å². The zero-order chi connectivity index (χ0) is 22.6. The number of nitrogens with zero attached hydrogens (tertiary/aromatic N) is 2. The number of hydrogen-bond donors (Lipinski definition) is 1. The first-order valence-electron chi connectivity index (χ1n) is 10.4. The molecule has 0 amide bonds. The summed E-state index contributed by atoms with van der Waals surface area (Å²) in [7, 11) is 0. The van der Waals surface area contributed by atoms with E-state index in [1.807, 2.05) is 35.2 Å². The van der Waals surface area contributed by atoms with Gasteiger partial charge in [-0.25, -0.2) is 0 Å². The van der Waals surface area contributed by atoms with Crippen molar-refractivity contribution in [3.8, 4) is 17.6 Å². The highest BCUT2D eigenvalue weighted by Crippen LogP contribution is 2.51. The Kier molecular flexibility index (Phi) is 4.68. The van der Waals surface area contributed by atoms with Crippen LogP contribution in [0, 0.1) is 16.7 Å². The Morgan fingerprint density at radius 1 is 1.16 bits per heavy atom. The molecule has 5 rings (SSSR count). The lowest BCUT2D eigenvalue weighted by molar-refractivity contribution is -0.118. The van der Waals surface area contributed by atoms with Gasteiger partial charge in [-0.2, -0.15) is 5.26 Å². The van der Waals surface area contributed by atoms with Crippen LogP contribution in [0.25, 0.3) is 0 Å². The Morgan fingerprint density at radius 3 is 2.69 bits per heavy atom. The second kappa shape index (κ2) is 7.32. The molecule has 2 aromatic carbocycles. The van der Waals surface area contributed by atoms with E-state index >= 15 is 0 Å². The van der Waals surface area contributed by atoms with Crippen LogP contribution in [0.2, 0.25) is 5.02 Å². The van der Waals surface area contributed by atoms with E-state index in [9.17, 15) is 10.1 Å². The van der Waals surface area contributed by atoms with Crippen LogP contribution in [0.1, 0.15) is 38.2 Å². The molecule has 3 aliphatic rings. The highest BCUT2D eigenvalue weighted by molar-refractivity contribution is 6.30. The topological polar surface area (TPSA) is 88.6 Å². The van der Waals surface area contributed by atoms with Crippen molar-refractivity contribution in [2.24, 2.45) is 11.1 Å². The summed E-state index contributed by atoms with van der Waals surface area (Å²) >= 11 is 6.26. The molecule has 2 heterocycles. The average Bonchev–Trinajstić information content (AvgIpc) is 3.20. The van der Waals surface area contributed by atoms with Crippen LogP contribution in [0.4, 0.5) is 5.69 Å². The van der Waals surface area contributed by atoms with Gasteiger partial charge in [0.1, 0.15) is 5.82 Å². The van der Waals surface area contributed by atoms with E-state index in [4.69, 9.17) is 26.8 Å². The van der Waals surface area contributed by atoms with Crippen molar-refractivity contribution in [2.45, 2.75) is 32.6 Å². The number of rotatable bonds is 2. The zero-order valence-electron chi connectivity index (χ0n) is 17.8. The molecule has 0 saturated heterocycles. The minimum Gasteiger partial charge on any atom is -0.454 e. The van der Waals surface area contributed by atoms with Gasteiger partial charge >= 0.3 is 0 Å². The average molecular weight is 448 g/mol. The van der Waals surface area contributed by atoms with E-state index in [2.05, 4.69) is 19.9 Å². The molecular formula is C25H22ClN3O3. The highest BCUT2D eigenvalue weighted by Gasteiger charge is 2.45. The molecule has 0 saturated carbocycles. The maximum absolute atomic E-state index is 13.5. The lowest BCUT2D eigenvalue weighted by Gasteiger charge is -2.43. The molecule has 0 bridgehead atoms. The fourth-order valence-electron chi connectivity index (χ4n) is 4.84. The van der Waals surface area contributed by atoms with Crippen molar-refractivity contribution in [3.05, 3.63) is 75.7 Å². The fourth-order valence-corrected chi connectivity index (χ4v) is 5.03. The number of halogens is 1. The molecule has 1 aliphatic carbocycles. The van der Waals surface area contributed by atoms with E-state index in [0.29, 0.717) is 46.3 Å². The van der Waals surface area contributed by atoms with Gasteiger partial charge in [-0.15, -0.1) is 0 Å². The molecule has 2 N–H and O–H groups in total. The van der Waals surface area contributed by atoms with Crippen molar-refractivity contribution >= 4 is 23.1 Å². The van der Waals surface area contributed by atoms with Crippen LogP contribution in [0.5, 0.6) is 11.5 Å². The minimum absolute atomic E-state index is 0.0196. The number of carbonyl (C=O) groups excluding carboxylic acids is 1. The summed E-state index contributed by atoms with van der Waals surface area (Å²) in [5.74, 6) is 1.00. The van der Waals surface area contributed by atoms with Crippen LogP contribution >= 0.6 is 11.6 Å². The third kappa shape index (κ3) is 3.21. The zero-order valence-corrected chi connectivity index (χ0v) is 18.6. The fraction of sp³-hybridized carbons (Fsp3) is 0.280. The molecule has 0 aromatic heterocycles. The van der Waals surface area contributed by atoms with E-state index in [1.54, 1.807) is 12.1 Å².